The zero-order chi connectivity index (χ0) is 19.9. The molecule has 2 heterocycles. The molecular formula is C17H30N2O2S6. The molecule has 0 atom stereocenters. The van der Waals surface area contributed by atoms with Crippen LogP contribution in [0.4, 0.5) is 0 Å². The Bertz CT molecular complexity index is 421. The Kier molecular flexibility index (Phi) is 15.6. The van der Waals surface area contributed by atoms with E-state index in [2.05, 4.69) is 9.80 Å². The van der Waals surface area contributed by atoms with Crippen molar-refractivity contribution in [3.05, 3.63) is 0 Å². The molecule has 2 aliphatic rings. The fourth-order valence-electron chi connectivity index (χ4n) is 2.51. The zero-order valence-electron chi connectivity index (χ0n) is 15.9. The number of hydrogen-bond donors (Lipinski definition) is 1. The molecule has 0 aromatic carbocycles. The van der Waals surface area contributed by atoms with E-state index in [-0.39, 0.29) is 6.42 Å². The third-order valence-corrected chi connectivity index (χ3v) is 10.4. The molecule has 2 fully saturated rings. The molecule has 0 aromatic rings. The molecule has 2 rings (SSSR count). The summed E-state index contributed by atoms with van der Waals surface area (Å²) in [5, 5.41) is 7.72. The van der Waals surface area contributed by atoms with Gasteiger partial charge in [0.05, 0.1) is 0 Å². The van der Waals surface area contributed by atoms with Crippen LogP contribution in [0.25, 0.3) is 0 Å². The predicted octanol–water partition coefficient (Wildman–Crippen LogP) is 5.77. The first-order valence-electron chi connectivity index (χ1n) is 9.43. The number of piperidine rings is 2. The van der Waals surface area contributed by atoms with Crippen LogP contribution in [0.2, 0.25) is 0 Å². The highest BCUT2D eigenvalue weighted by molar-refractivity contribution is 8.85. The first-order chi connectivity index (χ1) is 13.0. The van der Waals surface area contributed by atoms with Crippen LogP contribution >= 0.6 is 67.6 Å². The van der Waals surface area contributed by atoms with E-state index in [0.29, 0.717) is 0 Å². The Hall–Kier alpha value is 0.650. The van der Waals surface area contributed by atoms with E-state index in [9.17, 15) is 4.79 Å². The summed E-state index contributed by atoms with van der Waals surface area (Å²) in [5.74, 6) is 1.50. The minimum absolute atomic E-state index is 0.222. The van der Waals surface area contributed by atoms with Crippen molar-refractivity contribution in [2.75, 3.05) is 37.7 Å². The lowest BCUT2D eigenvalue weighted by molar-refractivity contribution is -0.136. The minimum atomic E-state index is -0.745. The van der Waals surface area contributed by atoms with Gasteiger partial charge < -0.3 is 14.9 Å². The highest BCUT2D eigenvalue weighted by atomic mass is 33.1. The molecular weight excluding hydrogens is 457 g/mol. The lowest BCUT2D eigenvalue weighted by atomic mass is 10.1. The second kappa shape index (κ2) is 16.4. The van der Waals surface area contributed by atoms with Crippen LogP contribution in [-0.2, 0) is 4.79 Å². The Morgan fingerprint density at radius 3 is 1.44 bits per heavy atom. The molecule has 0 radical (unpaired) electrons. The molecule has 156 valence electrons. The fraction of sp³-hybridized carbons (Fsp3) is 0.824. The molecule has 0 aromatic heterocycles. The number of likely N-dealkylation sites (tertiary alicyclic amines) is 2. The maximum absolute atomic E-state index is 9.37. The molecule has 10 heteroatoms. The average molecular weight is 487 g/mol. The minimum Gasteiger partial charge on any atom is -0.481 e. The molecule has 27 heavy (non-hydrogen) atoms. The van der Waals surface area contributed by atoms with Crippen LogP contribution < -0.4 is 0 Å². The summed E-state index contributed by atoms with van der Waals surface area (Å²) < 4.78 is 2.15. The van der Waals surface area contributed by atoms with Gasteiger partial charge in [0.25, 0.3) is 0 Å². The van der Waals surface area contributed by atoms with Crippen LogP contribution in [0.1, 0.15) is 51.9 Å². The van der Waals surface area contributed by atoms with Crippen LogP contribution in [-0.4, -0.2) is 67.2 Å². The third kappa shape index (κ3) is 12.7. The number of aliphatic carboxylic acids is 1. The Morgan fingerprint density at radius 1 is 0.815 bits per heavy atom. The van der Waals surface area contributed by atoms with Gasteiger partial charge in [0.15, 0.2) is 0 Å². The van der Waals surface area contributed by atoms with E-state index in [1.54, 1.807) is 28.5 Å². The third-order valence-electron chi connectivity index (χ3n) is 4.04. The van der Waals surface area contributed by atoms with E-state index in [4.69, 9.17) is 29.5 Å². The molecule has 2 saturated heterocycles. The number of carboxylic acids is 1. The van der Waals surface area contributed by atoms with Gasteiger partial charge in [0, 0.05) is 44.1 Å². The van der Waals surface area contributed by atoms with E-state index < -0.39 is 5.97 Å². The largest absolute Gasteiger partial charge is 0.481 e. The van der Waals surface area contributed by atoms with E-state index in [0.717, 1.165) is 46.3 Å². The van der Waals surface area contributed by atoms with Crippen molar-refractivity contribution < 1.29 is 9.90 Å². The van der Waals surface area contributed by atoms with Crippen LogP contribution in [0, 0.1) is 0 Å². The first-order valence-corrected chi connectivity index (χ1v) is 14.9. The summed E-state index contributed by atoms with van der Waals surface area (Å²) in [5.41, 5.74) is 0. The van der Waals surface area contributed by atoms with Crippen LogP contribution in [0.15, 0.2) is 0 Å². The van der Waals surface area contributed by atoms with E-state index >= 15 is 0 Å². The molecule has 1 N–H and O–H groups in total. The highest BCUT2D eigenvalue weighted by Gasteiger charge is 2.15. The van der Waals surface area contributed by atoms with Crippen molar-refractivity contribution >= 4 is 82.2 Å². The number of carbonyl (C=O) groups is 1. The standard InChI is InChI=1S/C14H24N2S6.C3H6O2/c17-13(15-7-3-1-4-8-15)21-19-11-12-20-22-14(18)16-9-5-2-6-10-16;1-2-3(4)5/h1-12H2;2H2,1H3,(H,4,5). The SMILES string of the molecule is CCC(=O)O.S=C(SSCCSSC(=S)N1CCCCC1)N1CCCCC1. The van der Waals surface area contributed by atoms with Crippen LogP contribution in [0.3, 0.4) is 0 Å². The molecule has 0 unspecified atom stereocenters. The Labute approximate surface area is 190 Å². The normalized spacial score (nSPS) is 17.1. The van der Waals surface area contributed by atoms with Crippen molar-refractivity contribution in [2.24, 2.45) is 0 Å². The maximum atomic E-state index is 9.37. The van der Waals surface area contributed by atoms with Gasteiger partial charge in [-0.2, -0.15) is 0 Å². The molecule has 2 aliphatic heterocycles. The van der Waals surface area contributed by atoms with Gasteiger partial charge in [0.2, 0.25) is 0 Å². The average Bonchev–Trinajstić information content (AvgIpc) is 2.72. The van der Waals surface area contributed by atoms with Gasteiger partial charge in [-0.05, 0) is 60.1 Å². The van der Waals surface area contributed by atoms with Gasteiger partial charge in [-0.25, -0.2) is 0 Å². The van der Waals surface area contributed by atoms with Gasteiger partial charge in [0.1, 0.15) is 8.64 Å². The molecule has 0 aliphatic carbocycles. The number of thiocarbonyl (C=S) groups is 2. The second-order valence-corrected chi connectivity index (χ2v) is 12.3. The topological polar surface area (TPSA) is 43.8 Å². The van der Waals surface area contributed by atoms with E-state index in [1.807, 2.05) is 21.6 Å². The van der Waals surface area contributed by atoms with Crippen molar-refractivity contribution in [2.45, 2.75) is 51.9 Å². The number of hydrogen-bond acceptors (Lipinski definition) is 7. The summed E-state index contributed by atoms with van der Waals surface area (Å²) in [6.45, 7) is 6.22. The first kappa shape index (κ1) is 25.7. The Balaban J connectivity index is 0.000000646. The quantitative estimate of drug-likeness (QED) is 0.284. The van der Waals surface area contributed by atoms with Gasteiger partial charge in [-0.3, -0.25) is 4.79 Å². The fourth-order valence-corrected chi connectivity index (χ4v) is 8.19. The summed E-state index contributed by atoms with van der Waals surface area (Å²) in [4.78, 5) is 14.1. The Morgan fingerprint density at radius 2 is 1.15 bits per heavy atom. The summed E-state index contributed by atoms with van der Waals surface area (Å²) >= 11 is 11.0. The predicted molar refractivity (Wildman–Crippen MR) is 134 cm³/mol. The maximum Gasteiger partial charge on any atom is 0.303 e. The van der Waals surface area contributed by atoms with E-state index in [1.165, 1.54) is 38.5 Å². The van der Waals surface area contributed by atoms with Gasteiger partial charge >= 0.3 is 5.97 Å². The molecule has 0 saturated carbocycles. The smallest absolute Gasteiger partial charge is 0.303 e. The molecule has 0 spiro atoms. The van der Waals surface area contributed by atoms with Crippen LogP contribution in [0.5, 0.6) is 0 Å². The summed E-state index contributed by atoms with van der Waals surface area (Å²) in [6.07, 6.45) is 8.14. The number of nitrogens with zero attached hydrogens (tertiary/aromatic N) is 2. The van der Waals surface area contributed by atoms with Gasteiger partial charge in [-0.1, -0.05) is 52.9 Å². The monoisotopic (exact) mass is 486 g/mol. The summed E-state index contributed by atoms with van der Waals surface area (Å²) in [6, 6.07) is 0. The molecule has 4 nitrogen and oxygen atoms in total. The highest BCUT2D eigenvalue weighted by Crippen LogP contribution is 2.31. The van der Waals surface area contributed by atoms with Crippen molar-refractivity contribution in [1.29, 1.82) is 0 Å². The molecule has 0 bridgehead atoms. The van der Waals surface area contributed by atoms with Gasteiger partial charge in [-0.15, -0.1) is 0 Å². The number of carboxylic acid groups (broad SMARTS) is 1. The van der Waals surface area contributed by atoms with Crippen molar-refractivity contribution in [3.63, 3.8) is 0 Å². The summed E-state index contributed by atoms with van der Waals surface area (Å²) in [7, 11) is 7.33. The lowest BCUT2D eigenvalue weighted by Crippen LogP contribution is -2.32. The lowest BCUT2D eigenvalue weighted by Gasteiger charge is -2.28. The number of rotatable bonds is 6. The second-order valence-electron chi connectivity index (χ2n) is 6.19. The van der Waals surface area contributed by atoms with Crippen molar-refractivity contribution in [3.8, 4) is 0 Å². The molecule has 0 amide bonds. The van der Waals surface area contributed by atoms with Crippen molar-refractivity contribution in [1.82, 2.24) is 9.80 Å². The zero-order valence-corrected chi connectivity index (χ0v) is 20.8.